The molecule has 0 aliphatic heterocycles. The van der Waals surface area contributed by atoms with Crippen molar-refractivity contribution in [1.82, 2.24) is 9.78 Å². The Balaban J connectivity index is 0.000000315. The minimum Gasteiger partial charge on any atom is -0.396 e. The highest BCUT2D eigenvalue weighted by Crippen LogP contribution is 2.24. The van der Waals surface area contributed by atoms with Gasteiger partial charge in [-0.25, -0.2) is 0 Å². The number of nitrogens with zero attached hydrogens (tertiary/aromatic N) is 2. The van der Waals surface area contributed by atoms with Gasteiger partial charge in [0.05, 0.1) is 6.20 Å². The summed E-state index contributed by atoms with van der Waals surface area (Å²) >= 11 is 0. The molecule has 122 valence electrons. The Morgan fingerprint density at radius 1 is 1.29 bits per heavy atom. The number of aliphatic hydroxyl groups is 1. The average Bonchev–Trinajstić information content (AvgIpc) is 2.88. The molecule has 1 N–H and O–H groups in total. The number of aryl methyl sites for hydroxylation is 1. The summed E-state index contributed by atoms with van der Waals surface area (Å²) in [6.45, 7) is 7.88. The van der Waals surface area contributed by atoms with E-state index >= 15 is 0 Å². The predicted molar refractivity (Wildman–Crippen MR) is 89.3 cm³/mol. The van der Waals surface area contributed by atoms with Gasteiger partial charge in [-0.15, -0.1) is 0 Å². The molecular weight excluding hydrogens is 260 g/mol. The Labute approximate surface area is 130 Å². The monoisotopic (exact) mass is 294 g/mol. The maximum atomic E-state index is 8.24. The quantitative estimate of drug-likeness (QED) is 0.842. The van der Waals surface area contributed by atoms with E-state index in [1.54, 1.807) is 0 Å². The first-order valence-corrected chi connectivity index (χ1v) is 8.77. The van der Waals surface area contributed by atoms with E-state index in [1.165, 1.54) is 50.5 Å². The zero-order valence-corrected chi connectivity index (χ0v) is 14.2. The minimum atomic E-state index is 0.331. The molecule has 0 amide bonds. The van der Waals surface area contributed by atoms with Crippen LogP contribution in [0, 0.1) is 11.8 Å². The van der Waals surface area contributed by atoms with Gasteiger partial charge in [0.25, 0.3) is 0 Å². The topological polar surface area (TPSA) is 38.1 Å². The molecule has 1 heterocycles. The summed E-state index contributed by atoms with van der Waals surface area (Å²) in [5, 5.41) is 12.7. The summed E-state index contributed by atoms with van der Waals surface area (Å²) in [7, 11) is 0. The lowest BCUT2D eigenvalue weighted by molar-refractivity contribution is 0.268. The summed E-state index contributed by atoms with van der Waals surface area (Å²) in [5.41, 5.74) is 1.40. The summed E-state index contributed by atoms with van der Waals surface area (Å²) < 4.78 is 2.15. The van der Waals surface area contributed by atoms with Crippen LogP contribution in [0.25, 0.3) is 0 Å². The van der Waals surface area contributed by atoms with E-state index in [2.05, 4.69) is 36.7 Å². The molecule has 1 saturated carbocycles. The highest BCUT2D eigenvalue weighted by molar-refractivity contribution is 5.03. The zero-order chi connectivity index (χ0) is 15.5. The second-order valence-electron chi connectivity index (χ2n) is 6.73. The fourth-order valence-electron chi connectivity index (χ4n) is 2.82. The SMILES string of the molecule is CC(C)CCO.CCCc1cnn(CC2CCCCC2)c1. The van der Waals surface area contributed by atoms with Gasteiger partial charge in [-0.2, -0.15) is 5.10 Å². The van der Waals surface area contributed by atoms with Gasteiger partial charge in [-0.3, -0.25) is 4.68 Å². The van der Waals surface area contributed by atoms with Gasteiger partial charge in [0.2, 0.25) is 0 Å². The molecule has 0 spiro atoms. The lowest BCUT2D eigenvalue weighted by Gasteiger charge is -2.21. The van der Waals surface area contributed by atoms with Gasteiger partial charge in [0, 0.05) is 19.3 Å². The van der Waals surface area contributed by atoms with Crippen LogP contribution in [0.3, 0.4) is 0 Å². The normalized spacial score (nSPS) is 15.9. The molecule has 21 heavy (non-hydrogen) atoms. The molecule has 3 heteroatoms. The Bertz CT molecular complexity index is 354. The van der Waals surface area contributed by atoms with E-state index in [0.29, 0.717) is 12.5 Å². The van der Waals surface area contributed by atoms with Crippen molar-refractivity contribution < 1.29 is 5.11 Å². The Morgan fingerprint density at radius 3 is 2.52 bits per heavy atom. The molecule has 1 aromatic heterocycles. The standard InChI is InChI=1S/C13H22N2.C5H12O/c1-2-6-13-9-14-15(11-13)10-12-7-4-3-5-8-12;1-5(2)3-4-6/h9,11-12H,2-8,10H2,1H3;5-6H,3-4H2,1-2H3. The van der Waals surface area contributed by atoms with E-state index < -0.39 is 0 Å². The number of hydrogen-bond donors (Lipinski definition) is 1. The fourth-order valence-corrected chi connectivity index (χ4v) is 2.82. The lowest BCUT2D eigenvalue weighted by Crippen LogP contribution is -2.14. The summed E-state index contributed by atoms with van der Waals surface area (Å²) in [4.78, 5) is 0. The Morgan fingerprint density at radius 2 is 2.00 bits per heavy atom. The van der Waals surface area contributed by atoms with Gasteiger partial charge in [0.1, 0.15) is 0 Å². The molecule has 0 unspecified atom stereocenters. The number of aromatic nitrogens is 2. The third kappa shape index (κ3) is 8.25. The molecule has 1 aliphatic carbocycles. The van der Waals surface area contributed by atoms with Crippen molar-refractivity contribution in [2.75, 3.05) is 6.61 Å². The smallest absolute Gasteiger partial charge is 0.0521 e. The van der Waals surface area contributed by atoms with Crippen molar-refractivity contribution >= 4 is 0 Å². The van der Waals surface area contributed by atoms with Gasteiger partial charge in [-0.1, -0.05) is 46.5 Å². The van der Waals surface area contributed by atoms with Gasteiger partial charge < -0.3 is 5.11 Å². The van der Waals surface area contributed by atoms with Crippen molar-refractivity contribution in [3.8, 4) is 0 Å². The van der Waals surface area contributed by atoms with Crippen molar-refractivity contribution in [3.63, 3.8) is 0 Å². The van der Waals surface area contributed by atoms with E-state index in [1.807, 2.05) is 6.20 Å². The third-order valence-electron chi connectivity index (χ3n) is 4.10. The molecule has 3 nitrogen and oxygen atoms in total. The summed E-state index contributed by atoms with van der Waals surface area (Å²) in [6, 6.07) is 0. The van der Waals surface area contributed by atoms with E-state index in [4.69, 9.17) is 5.11 Å². The van der Waals surface area contributed by atoms with Crippen molar-refractivity contribution in [2.45, 2.75) is 78.7 Å². The third-order valence-corrected chi connectivity index (χ3v) is 4.10. The predicted octanol–water partition coefficient (Wildman–Crippen LogP) is 4.44. The van der Waals surface area contributed by atoms with Gasteiger partial charge in [-0.05, 0) is 43.1 Å². The van der Waals surface area contributed by atoms with Crippen molar-refractivity contribution in [3.05, 3.63) is 18.0 Å². The first kappa shape index (κ1) is 18.2. The summed E-state index contributed by atoms with van der Waals surface area (Å²) in [5.74, 6) is 1.53. The van der Waals surface area contributed by atoms with Gasteiger partial charge in [0.15, 0.2) is 0 Å². The zero-order valence-electron chi connectivity index (χ0n) is 14.2. The van der Waals surface area contributed by atoms with Crippen LogP contribution in [-0.2, 0) is 13.0 Å². The van der Waals surface area contributed by atoms with Crippen LogP contribution < -0.4 is 0 Å². The Kier molecular flexibility index (Phi) is 9.40. The molecule has 1 aliphatic rings. The molecule has 2 rings (SSSR count). The van der Waals surface area contributed by atoms with E-state index in [-0.39, 0.29) is 0 Å². The van der Waals surface area contributed by atoms with Crippen molar-refractivity contribution in [1.29, 1.82) is 0 Å². The average molecular weight is 294 g/mol. The highest BCUT2D eigenvalue weighted by atomic mass is 16.3. The van der Waals surface area contributed by atoms with E-state index in [0.717, 1.165) is 18.9 Å². The molecule has 0 saturated heterocycles. The molecule has 1 fully saturated rings. The number of aliphatic hydroxyl groups excluding tert-OH is 1. The largest absolute Gasteiger partial charge is 0.396 e. The molecular formula is C18H34N2O. The van der Waals surface area contributed by atoms with Crippen LogP contribution >= 0.6 is 0 Å². The fraction of sp³-hybridized carbons (Fsp3) is 0.833. The van der Waals surface area contributed by atoms with Crippen LogP contribution in [0.15, 0.2) is 12.4 Å². The van der Waals surface area contributed by atoms with Crippen LogP contribution in [0.4, 0.5) is 0 Å². The van der Waals surface area contributed by atoms with Gasteiger partial charge >= 0.3 is 0 Å². The second kappa shape index (κ2) is 10.8. The Hall–Kier alpha value is -0.830. The van der Waals surface area contributed by atoms with Crippen LogP contribution in [0.2, 0.25) is 0 Å². The highest BCUT2D eigenvalue weighted by Gasteiger charge is 2.14. The molecule has 0 bridgehead atoms. The molecule has 0 atom stereocenters. The first-order valence-electron chi connectivity index (χ1n) is 8.77. The van der Waals surface area contributed by atoms with E-state index in [9.17, 15) is 0 Å². The minimum absolute atomic E-state index is 0.331. The number of rotatable bonds is 6. The first-order chi connectivity index (χ1) is 10.2. The molecule has 1 aromatic rings. The van der Waals surface area contributed by atoms with Crippen LogP contribution in [0.1, 0.15) is 71.3 Å². The second-order valence-corrected chi connectivity index (χ2v) is 6.73. The number of hydrogen-bond acceptors (Lipinski definition) is 2. The van der Waals surface area contributed by atoms with Crippen LogP contribution in [0.5, 0.6) is 0 Å². The summed E-state index contributed by atoms with van der Waals surface area (Å²) in [6.07, 6.45) is 14.7. The maximum absolute atomic E-state index is 8.24. The van der Waals surface area contributed by atoms with Crippen molar-refractivity contribution in [2.24, 2.45) is 11.8 Å². The maximum Gasteiger partial charge on any atom is 0.0521 e. The molecule has 0 aromatic carbocycles. The lowest BCUT2D eigenvalue weighted by atomic mass is 9.89. The van der Waals surface area contributed by atoms with Crippen LogP contribution in [-0.4, -0.2) is 21.5 Å². The molecule has 0 radical (unpaired) electrons.